The number of fused-ring (bicyclic) bond motifs is 1. The first-order valence-corrected chi connectivity index (χ1v) is 5.90. The highest BCUT2D eigenvalue weighted by Crippen LogP contribution is 2.32. The van der Waals surface area contributed by atoms with E-state index >= 15 is 0 Å². The van der Waals surface area contributed by atoms with Crippen LogP contribution in [0.5, 0.6) is 0 Å². The second-order valence-electron chi connectivity index (χ2n) is 4.33. The van der Waals surface area contributed by atoms with Crippen molar-refractivity contribution in [3.63, 3.8) is 0 Å². The number of Topliss-reactive ketones (excluding diaryl/α,β-unsaturated/α-hetero) is 2. The molecule has 0 amide bonds. The Kier molecular flexibility index (Phi) is 3.02. The second-order valence-corrected chi connectivity index (χ2v) is 4.83. The largest absolute Gasteiger partial charge is 0.456 e. The first kappa shape index (κ1) is 12.8. The van der Waals surface area contributed by atoms with Gasteiger partial charge in [-0.25, -0.2) is 0 Å². The third-order valence-electron chi connectivity index (χ3n) is 3.23. The Balaban J connectivity index is 2.63. The molecule has 18 heavy (non-hydrogen) atoms. The van der Waals surface area contributed by atoms with E-state index in [2.05, 4.69) is 12.6 Å². The van der Waals surface area contributed by atoms with Crippen molar-refractivity contribution in [1.29, 1.82) is 0 Å². The molecule has 0 saturated heterocycles. The lowest BCUT2D eigenvalue weighted by Gasteiger charge is -2.11. The fourth-order valence-electron chi connectivity index (χ4n) is 2.00. The molecule has 0 unspecified atom stereocenters. The second kappa shape index (κ2) is 4.24. The molecule has 0 N–H and O–H groups in total. The third-order valence-corrected chi connectivity index (χ3v) is 3.39. The number of carbonyl (C=O) groups is 3. The molecule has 2 rings (SSSR count). The minimum absolute atomic E-state index is 0.0272. The van der Waals surface area contributed by atoms with E-state index in [1.807, 2.05) is 0 Å². The van der Waals surface area contributed by atoms with Gasteiger partial charge in [0.2, 0.25) is 5.78 Å². The van der Waals surface area contributed by atoms with Crippen LogP contribution in [0.4, 0.5) is 0 Å². The number of hydrogen-bond acceptors (Lipinski definition) is 4. The topological polar surface area (TPSA) is 64.3 Å². The SMILES string of the molecule is CC1=C(C)C(=O)c2c(oc(CC(=O)S)c2C)C1=O. The molecule has 1 aliphatic rings. The summed E-state index contributed by atoms with van der Waals surface area (Å²) in [5, 5.41) is -0.370. The highest BCUT2D eigenvalue weighted by Gasteiger charge is 2.34. The van der Waals surface area contributed by atoms with Gasteiger partial charge in [0.15, 0.2) is 16.7 Å². The highest BCUT2D eigenvalue weighted by atomic mass is 32.1. The molecule has 5 heteroatoms. The number of ketones is 2. The molecule has 0 atom stereocenters. The summed E-state index contributed by atoms with van der Waals surface area (Å²) in [6, 6.07) is 0. The lowest BCUT2D eigenvalue weighted by atomic mass is 9.88. The summed E-state index contributed by atoms with van der Waals surface area (Å²) in [4.78, 5) is 35.1. The van der Waals surface area contributed by atoms with Crippen molar-refractivity contribution in [2.24, 2.45) is 0 Å². The van der Waals surface area contributed by atoms with Crippen LogP contribution in [0.15, 0.2) is 15.6 Å². The molecule has 1 heterocycles. The van der Waals surface area contributed by atoms with E-state index in [1.165, 1.54) is 0 Å². The normalized spacial score (nSPS) is 15.1. The number of allylic oxidation sites excluding steroid dienone is 2. The molecule has 0 spiro atoms. The van der Waals surface area contributed by atoms with Crippen molar-refractivity contribution < 1.29 is 18.8 Å². The molecule has 0 bridgehead atoms. The molecule has 0 aliphatic heterocycles. The van der Waals surface area contributed by atoms with Crippen LogP contribution in [0.25, 0.3) is 0 Å². The molecule has 1 aromatic rings. The van der Waals surface area contributed by atoms with E-state index in [4.69, 9.17) is 4.42 Å². The Morgan fingerprint density at radius 1 is 1.11 bits per heavy atom. The number of thiol groups is 1. The average Bonchev–Trinajstić information content (AvgIpc) is 2.61. The van der Waals surface area contributed by atoms with Gasteiger partial charge in [-0.3, -0.25) is 14.4 Å². The summed E-state index contributed by atoms with van der Waals surface area (Å²) in [6.45, 7) is 4.89. The van der Waals surface area contributed by atoms with Gasteiger partial charge in [0.25, 0.3) is 0 Å². The number of hydrogen-bond donors (Lipinski definition) is 1. The van der Waals surface area contributed by atoms with Gasteiger partial charge in [0.1, 0.15) is 5.76 Å². The van der Waals surface area contributed by atoms with Gasteiger partial charge < -0.3 is 4.42 Å². The van der Waals surface area contributed by atoms with Crippen molar-refractivity contribution >= 4 is 29.3 Å². The van der Waals surface area contributed by atoms with Crippen molar-refractivity contribution in [1.82, 2.24) is 0 Å². The van der Waals surface area contributed by atoms with Gasteiger partial charge in [-0.05, 0) is 20.8 Å². The van der Waals surface area contributed by atoms with Crippen LogP contribution in [0, 0.1) is 6.92 Å². The zero-order valence-electron chi connectivity index (χ0n) is 10.3. The number of furan rings is 1. The zero-order valence-corrected chi connectivity index (χ0v) is 11.2. The Labute approximate surface area is 109 Å². The molecule has 0 radical (unpaired) electrons. The number of carbonyl (C=O) groups excluding carboxylic acids is 3. The third kappa shape index (κ3) is 1.75. The summed E-state index contributed by atoms with van der Waals surface area (Å²) in [7, 11) is 0. The summed E-state index contributed by atoms with van der Waals surface area (Å²) in [5.41, 5.74) is 1.66. The summed E-state index contributed by atoms with van der Waals surface area (Å²) < 4.78 is 5.37. The van der Waals surface area contributed by atoms with Crippen LogP contribution < -0.4 is 0 Å². The first-order valence-electron chi connectivity index (χ1n) is 5.45. The lowest BCUT2D eigenvalue weighted by molar-refractivity contribution is -0.110. The van der Waals surface area contributed by atoms with Crippen molar-refractivity contribution in [3.05, 3.63) is 33.8 Å². The molecule has 1 aliphatic carbocycles. The minimum atomic E-state index is -0.370. The molecule has 0 saturated carbocycles. The minimum Gasteiger partial charge on any atom is -0.456 e. The molecule has 0 fully saturated rings. The predicted molar refractivity (Wildman–Crippen MR) is 68.2 cm³/mol. The molecular formula is C13H12O4S. The van der Waals surface area contributed by atoms with Gasteiger partial charge >= 0.3 is 0 Å². The van der Waals surface area contributed by atoms with E-state index in [1.54, 1.807) is 20.8 Å². The summed E-state index contributed by atoms with van der Waals surface area (Å²) >= 11 is 3.68. The predicted octanol–water partition coefficient (Wildman–Crippen LogP) is 2.30. The van der Waals surface area contributed by atoms with Crippen LogP contribution in [0.2, 0.25) is 0 Å². The zero-order chi connectivity index (χ0) is 13.6. The van der Waals surface area contributed by atoms with E-state index in [9.17, 15) is 14.4 Å². The Hall–Kier alpha value is -1.62. The van der Waals surface area contributed by atoms with E-state index in [0.29, 0.717) is 22.5 Å². The van der Waals surface area contributed by atoms with Gasteiger partial charge in [-0.1, -0.05) is 0 Å². The van der Waals surface area contributed by atoms with Gasteiger partial charge in [0, 0.05) is 16.7 Å². The molecule has 0 aromatic carbocycles. The Bertz CT molecular complexity index is 619. The lowest BCUT2D eigenvalue weighted by Crippen LogP contribution is -2.18. The smallest absolute Gasteiger partial charge is 0.225 e. The van der Waals surface area contributed by atoms with Crippen LogP contribution in [0.3, 0.4) is 0 Å². The Morgan fingerprint density at radius 3 is 2.22 bits per heavy atom. The van der Waals surface area contributed by atoms with Gasteiger partial charge in [0.05, 0.1) is 12.0 Å². The quantitative estimate of drug-likeness (QED) is 0.832. The van der Waals surface area contributed by atoms with E-state index in [0.717, 1.165) is 0 Å². The molecule has 1 aromatic heterocycles. The van der Waals surface area contributed by atoms with Crippen molar-refractivity contribution in [2.45, 2.75) is 27.2 Å². The summed E-state index contributed by atoms with van der Waals surface area (Å²) in [6.07, 6.45) is -0.0272. The van der Waals surface area contributed by atoms with Crippen molar-refractivity contribution in [2.75, 3.05) is 0 Å². The van der Waals surface area contributed by atoms with Crippen LogP contribution in [-0.2, 0) is 11.2 Å². The van der Waals surface area contributed by atoms with Crippen LogP contribution in [0.1, 0.15) is 46.1 Å². The molecule has 4 nitrogen and oxygen atoms in total. The molecular weight excluding hydrogens is 252 g/mol. The maximum Gasteiger partial charge on any atom is 0.225 e. The fourth-order valence-corrected chi connectivity index (χ4v) is 2.14. The van der Waals surface area contributed by atoms with E-state index in [-0.39, 0.29) is 34.4 Å². The van der Waals surface area contributed by atoms with Crippen molar-refractivity contribution in [3.8, 4) is 0 Å². The van der Waals surface area contributed by atoms with E-state index < -0.39 is 0 Å². The fraction of sp³-hybridized carbons (Fsp3) is 0.308. The van der Waals surface area contributed by atoms with Gasteiger partial charge in [-0.15, -0.1) is 12.6 Å². The average molecular weight is 264 g/mol. The first-order chi connectivity index (χ1) is 8.34. The maximum absolute atomic E-state index is 12.1. The molecule has 94 valence electrons. The summed E-state index contributed by atoms with van der Waals surface area (Å²) in [5.74, 6) is -0.112. The highest BCUT2D eigenvalue weighted by molar-refractivity contribution is 7.96. The van der Waals surface area contributed by atoms with Gasteiger partial charge in [-0.2, -0.15) is 0 Å². The Morgan fingerprint density at radius 2 is 1.67 bits per heavy atom. The van der Waals surface area contributed by atoms with Crippen LogP contribution in [-0.4, -0.2) is 16.7 Å². The van der Waals surface area contributed by atoms with Crippen LogP contribution >= 0.6 is 12.6 Å². The standard InChI is InChI=1S/C13H12O4S/c1-5-6(2)12(16)13-10(11(5)15)7(3)8(17-13)4-9(14)18/h4H2,1-3H3,(H,14,18). The number of rotatable bonds is 2. The maximum atomic E-state index is 12.1. The monoisotopic (exact) mass is 264 g/mol.